The third-order valence-corrected chi connectivity index (χ3v) is 26.2. The van der Waals surface area contributed by atoms with E-state index in [9.17, 15) is 0 Å². The lowest BCUT2D eigenvalue weighted by Gasteiger charge is -1.99. The molecule has 16 rings (SSSR count). The Hall–Kier alpha value is -7.49. The lowest BCUT2D eigenvalue weighted by Crippen LogP contribution is -2.32. The lowest BCUT2D eigenvalue weighted by molar-refractivity contribution is -0.677. The van der Waals surface area contributed by atoms with Crippen molar-refractivity contribution in [3.05, 3.63) is 218 Å². The second-order valence-electron chi connectivity index (χ2n) is 25.1. The van der Waals surface area contributed by atoms with E-state index in [0.29, 0.717) is 0 Å². The number of thiophene rings is 5. The van der Waals surface area contributed by atoms with Crippen LogP contribution in [0.2, 0.25) is 0 Å². The Bertz CT molecular complexity index is 5470. The summed E-state index contributed by atoms with van der Waals surface area (Å²) in [6.45, 7) is 28.5. The zero-order valence-electron chi connectivity index (χ0n) is 59.2. The van der Waals surface area contributed by atoms with Gasteiger partial charge in [-0.25, -0.2) is 32.4 Å². The monoisotopic (exact) mass is 1370 g/mol. The summed E-state index contributed by atoms with van der Waals surface area (Å²) in [6, 6.07) is 39.9. The van der Waals surface area contributed by atoms with Crippen molar-refractivity contribution in [2.75, 3.05) is 0 Å². The van der Waals surface area contributed by atoms with Crippen LogP contribution in [0, 0.1) is 48.5 Å². The highest BCUT2D eigenvalue weighted by Crippen LogP contribution is 2.40. The van der Waals surface area contributed by atoms with Crippen LogP contribution in [0.15, 0.2) is 146 Å². The van der Waals surface area contributed by atoms with Gasteiger partial charge in [0, 0.05) is 147 Å². The maximum Gasteiger partial charge on any atom is 0.200 e. The maximum absolute atomic E-state index is 4.47. The number of hydrogen-bond acceptors (Lipinski definition) is 7. The van der Waals surface area contributed by atoms with Crippen LogP contribution < -0.4 is 27.4 Å². The summed E-state index contributed by atoms with van der Waals surface area (Å²) in [6.07, 6.45) is 19.5. The molecule has 0 saturated heterocycles. The van der Waals surface area contributed by atoms with E-state index >= 15 is 0 Å². The van der Waals surface area contributed by atoms with Gasteiger partial charge >= 0.3 is 0 Å². The highest BCUT2D eigenvalue weighted by atomic mass is 32.1. The normalized spacial score (nSPS) is 11.4. The zero-order chi connectivity index (χ0) is 67.7. The fourth-order valence-electron chi connectivity index (χ4n) is 13.5. The van der Waals surface area contributed by atoms with Gasteiger partial charge in [0.05, 0.1) is 10.5 Å². The summed E-state index contributed by atoms with van der Waals surface area (Å²) < 4.78 is 27.6. The summed E-state index contributed by atoms with van der Waals surface area (Å²) in [5.41, 5.74) is 16.6. The van der Waals surface area contributed by atoms with Crippen LogP contribution in [-0.4, -0.2) is 4.98 Å². The molecule has 0 N–H and O–H groups in total. The average Bonchev–Trinajstić information content (AvgIpc) is 1.65. The molecule has 0 atom stereocenters. The van der Waals surface area contributed by atoms with Crippen molar-refractivity contribution < 1.29 is 27.4 Å². The molecule has 0 spiro atoms. The summed E-state index contributed by atoms with van der Waals surface area (Å²) in [4.78, 5) is 5.91. The van der Waals surface area contributed by atoms with Gasteiger partial charge in [-0.3, -0.25) is 0 Å². The van der Waals surface area contributed by atoms with Gasteiger partial charge in [-0.15, -0.1) is 68.0 Å². The fraction of sp³-hybridized carbons (Fsp3) is 0.305. The van der Waals surface area contributed by atoms with E-state index in [-0.39, 0.29) is 0 Å². The molecule has 0 amide bonds. The number of aryl methyl sites for hydroxylation is 19. The number of pyridine rings is 6. The first-order valence-corrected chi connectivity index (χ1v) is 38.4. The van der Waals surface area contributed by atoms with Crippen molar-refractivity contribution in [3.63, 3.8) is 0 Å². The molecule has 0 radical (unpaired) electrons. The maximum atomic E-state index is 4.47. The molecule has 16 aromatic rings. The van der Waals surface area contributed by atoms with E-state index in [1.165, 1.54) is 162 Å². The standard InChI is InChI=1S/4C15H16NS.C12H16NS.C10H13N2S/c1-4-13-15-11(7-8-16(13)3)12-9-10(2)5-6-14(12)17-15;1-4-13-15-12(7-8-16(13)3)11-6-5-10(2)9-14(11)17-15;1-4-12-15-11(8-9-16(12)3)14-10(2)6-5-7-13(14)17-15;1-4-13-15-12(8-9-16(13)3)11-7-5-6-10(2)14(11)17-15;1-5-11-12-10(6-7-13(11)4)8(2)9(3)14-12;1-4-9-10-8(5-6-12(9)3)11-7(2)13-10/h4*5-9H,4H2,1-3H3;6-7H,5H2,1-4H3;5-6H,4H2,1-3H3/q6*+1. The molecule has 0 aliphatic carbocycles. The minimum Gasteiger partial charge on any atom is -0.241 e. The van der Waals surface area contributed by atoms with Crippen molar-refractivity contribution in [3.8, 4) is 0 Å². The fourth-order valence-corrected chi connectivity index (χ4v) is 21.5. The average molecular weight is 1370 g/mol. The molecule has 4 aromatic carbocycles. The van der Waals surface area contributed by atoms with Crippen LogP contribution in [0.1, 0.15) is 113 Å². The van der Waals surface area contributed by atoms with Crippen molar-refractivity contribution >= 4 is 169 Å². The molecule has 0 aliphatic heterocycles. The highest BCUT2D eigenvalue weighted by molar-refractivity contribution is 7.27. The number of hydrogen-bond donors (Lipinski definition) is 0. The Balaban J connectivity index is 0.000000116. The van der Waals surface area contributed by atoms with E-state index in [4.69, 9.17) is 0 Å². The molecule has 0 bridgehead atoms. The minimum absolute atomic E-state index is 1.06. The molecule has 0 saturated carbocycles. The van der Waals surface area contributed by atoms with Crippen molar-refractivity contribution in [2.45, 2.75) is 129 Å². The number of nitrogens with zero attached hydrogens (tertiary/aromatic N) is 7. The minimum atomic E-state index is 1.06. The lowest BCUT2D eigenvalue weighted by atomic mass is 10.1. The number of fused-ring (bicyclic) bond motifs is 14. The quantitative estimate of drug-likeness (QED) is 0.153. The van der Waals surface area contributed by atoms with E-state index in [1.54, 1.807) is 11.3 Å². The molecule has 0 fully saturated rings. The van der Waals surface area contributed by atoms with Gasteiger partial charge in [-0.05, 0) is 95.0 Å². The Labute approximate surface area is 585 Å². The van der Waals surface area contributed by atoms with Crippen LogP contribution in [0.25, 0.3) is 101 Å². The molecule has 0 aliphatic rings. The Morgan fingerprint density at radius 1 is 0.305 bits per heavy atom. The molecular formula is C82H93N7S6+6. The SMILES string of the molecule is CCc1c2sc(C)c(C)c2cc[n+]1C.CCc1c2sc(C)nc2cc[n+]1C.CCc1c2sc3c(C)cccc3c2cc[n+]1C.CCc1c2sc3cc(C)ccc3c2cc[n+]1C.CCc1c2sc3ccc(C)cc3c2cc[n+]1C.CCc1c2sc3cccc(C)c3c2cc[n+]1C. The molecule has 13 heteroatoms. The van der Waals surface area contributed by atoms with Crippen LogP contribution in [0.5, 0.6) is 0 Å². The number of benzene rings is 4. The highest BCUT2D eigenvalue weighted by Gasteiger charge is 2.21. The van der Waals surface area contributed by atoms with Crippen LogP contribution >= 0.6 is 68.0 Å². The smallest absolute Gasteiger partial charge is 0.200 e. The summed E-state index contributed by atoms with van der Waals surface area (Å²) in [5, 5.41) is 13.8. The molecular weight excluding hydrogens is 1280 g/mol. The predicted molar refractivity (Wildman–Crippen MR) is 415 cm³/mol. The van der Waals surface area contributed by atoms with Crippen LogP contribution in [0.3, 0.4) is 0 Å². The second-order valence-corrected chi connectivity index (χ2v) is 31.7. The largest absolute Gasteiger partial charge is 0.241 e. The zero-order valence-corrected chi connectivity index (χ0v) is 64.1. The van der Waals surface area contributed by atoms with Gasteiger partial charge in [-0.2, -0.15) is 0 Å². The van der Waals surface area contributed by atoms with E-state index < -0.39 is 0 Å². The van der Waals surface area contributed by atoms with Gasteiger partial charge in [0.15, 0.2) is 71.3 Å². The predicted octanol–water partition coefficient (Wildman–Crippen LogP) is 19.9. The molecule has 7 nitrogen and oxygen atoms in total. The third kappa shape index (κ3) is 13.7. The van der Waals surface area contributed by atoms with Crippen molar-refractivity contribution in [2.24, 2.45) is 42.3 Å². The van der Waals surface area contributed by atoms with Gasteiger partial charge in [0.2, 0.25) is 0 Å². The Morgan fingerprint density at radius 3 is 1.28 bits per heavy atom. The summed E-state index contributed by atoms with van der Waals surface area (Å²) in [7, 11) is 12.8. The first-order valence-electron chi connectivity index (χ1n) is 33.5. The molecule has 12 heterocycles. The van der Waals surface area contributed by atoms with Gasteiger partial charge in [-0.1, -0.05) is 95.6 Å². The van der Waals surface area contributed by atoms with Crippen molar-refractivity contribution in [1.29, 1.82) is 0 Å². The van der Waals surface area contributed by atoms with Gasteiger partial charge < -0.3 is 0 Å². The first-order chi connectivity index (χ1) is 45.7. The molecule has 486 valence electrons. The summed E-state index contributed by atoms with van der Waals surface area (Å²) >= 11 is 11.4. The van der Waals surface area contributed by atoms with E-state index in [0.717, 1.165) is 49.0 Å². The van der Waals surface area contributed by atoms with Gasteiger partial charge in [0.1, 0.15) is 70.5 Å². The van der Waals surface area contributed by atoms with E-state index in [1.807, 2.05) is 56.7 Å². The summed E-state index contributed by atoms with van der Waals surface area (Å²) in [5.74, 6) is 0. The molecule has 12 aromatic heterocycles. The third-order valence-electron chi connectivity index (χ3n) is 18.8. The van der Waals surface area contributed by atoms with Crippen LogP contribution in [0.4, 0.5) is 0 Å². The van der Waals surface area contributed by atoms with Gasteiger partial charge in [0.25, 0.3) is 0 Å². The molecule has 0 unspecified atom stereocenters. The Kier molecular flexibility index (Phi) is 21.4. The topological polar surface area (TPSA) is 36.2 Å². The number of thiazole rings is 1. The van der Waals surface area contributed by atoms with Crippen molar-refractivity contribution in [1.82, 2.24) is 4.98 Å². The Morgan fingerprint density at radius 2 is 0.716 bits per heavy atom. The first kappa shape index (κ1) is 68.9. The number of rotatable bonds is 6. The van der Waals surface area contributed by atoms with Crippen LogP contribution in [-0.2, 0) is 80.8 Å². The molecule has 95 heavy (non-hydrogen) atoms. The van der Waals surface area contributed by atoms with E-state index in [2.05, 4.69) is 311 Å². The second kappa shape index (κ2) is 29.5. The number of aromatic nitrogens is 7.